The lowest BCUT2D eigenvalue weighted by Crippen LogP contribution is -2.21. The Bertz CT molecular complexity index is 710. The Morgan fingerprint density at radius 1 is 1.57 bits per heavy atom. The number of pyridine rings is 1. The molecule has 2 aromatic heterocycles. The van der Waals surface area contributed by atoms with E-state index in [1.807, 2.05) is 12.3 Å². The van der Waals surface area contributed by atoms with Crippen LogP contribution in [-0.2, 0) is 21.0 Å². The quantitative estimate of drug-likeness (QED) is 0.475. The number of aromatic nitrogens is 2. The molecule has 0 aliphatic heterocycles. The van der Waals surface area contributed by atoms with E-state index in [4.69, 9.17) is 16.4 Å². The molecule has 0 saturated carbocycles. The maximum absolute atomic E-state index is 11.3. The first-order chi connectivity index (χ1) is 10.2. The van der Waals surface area contributed by atoms with Gasteiger partial charge in [-0.2, -0.15) is 0 Å². The zero-order valence-corrected chi connectivity index (χ0v) is 12.5. The van der Waals surface area contributed by atoms with Gasteiger partial charge in [-0.3, -0.25) is 0 Å². The normalized spacial score (nSPS) is 11.8. The van der Waals surface area contributed by atoms with Crippen LogP contribution < -0.4 is 5.49 Å². The van der Waals surface area contributed by atoms with E-state index in [1.54, 1.807) is 22.9 Å². The zero-order valence-electron chi connectivity index (χ0n) is 11.0. The molecule has 2 heterocycles. The lowest BCUT2D eigenvalue weighted by molar-refractivity contribution is -0.135. The van der Waals surface area contributed by atoms with E-state index < -0.39 is 5.97 Å². The topological polar surface area (TPSA) is 78.1 Å². The Balaban J connectivity index is 2.16. The van der Waals surface area contributed by atoms with Gasteiger partial charge in [-0.1, -0.05) is 28.0 Å². The molecule has 9 heteroatoms. The summed E-state index contributed by atoms with van der Waals surface area (Å²) >= 11 is 7.17. The van der Waals surface area contributed by atoms with Gasteiger partial charge in [0.25, 0.3) is 0 Å². The molecule has 0 aromatic carbocycles. The smallest absolute Gasteiger partial charge is 0.380 e. The van der Waals surface area contributed by atoms with Crippen molar-refractivity contribution >= 4 is 35.1 Å². The molecule has 2 aromatic rings. The molecule has 0 amide bonds. The van der Waals surface area contributed by atoms with E-state index in [2.05, 4.69) is 20.1 Å². The molecule has 7 nitrogen and oxygen atoms in total. The lowest BCUT2D eigenvalue weighted by atomic mass is 10.4. The van der Waals surface area contributed by atoms with E-state index in [9.17, 15) is 4.79 Å². The van der Waals surface area contributed by atoms with Crippen LogP contribution in [0.4, 0.5) is 0 Å². The third-order valence-corrected chi connectivity index (χ3v) is 3.36. The number of rotatable bonds is 5. The van der Waals surface area contributed by atoms with Gasteiger partial charge >= 0.3 is 5.97 Å². The molecule has 0 aliphatic rings. The fourth-order valence-corrected chi connectivity index (χ4v) is 2.40. The van der Waals surface area contributed by atoms with Crippen molar-refractivity contribution in [2.24, 2.45) is 10.3 Å². The average Bonchev–Trinajstić information content (AvgIpc) is 2.89. The molecule has 0 fully saturated rings. The molecule has 0 saturated heterocycles. The van der Waals surface area contributed by atoms with Gasteiger partial charge in [0.05, 0.1) is 6.54 Å². The summed E-state index contributed by atoms with van der Waals surface area (Å²) in [6.07, 6.45) is 4.39. The van der Waals surface area contributed by atoms with E-state index in [-0.39, 0.29) is 0 Å². The van der Waals surface area contributed by atoms with E-state index in [1.165, 1.54) is 18.4 Å². The van der Waals surface area contributed by atoms with Crippen molar-refractivity contribution in [3.05, 3.63) is 45.4 Å². The highest BCUT2D eigenvalue weighted by atomic mass is 35.5. The van der Waals surface area contributed by atoms with Crippen LogP contribution in [0.2, 0.25) is 4.47 Å². The third-order valence-electron chi connectivity index (χ3n) is 2.26. The highest BCUT2D eigenvalue weighted by Gasteiger charge is 2.02. The minimum atomic E-state index is -0.729. The van der Waals surface area contributed by atoms with Crippen molar-refractivity contribution in [1.29, 1.82) is 0 Å². The Labute approximate surface area is 129 Å². The number of nitrogens with zero attached hydrogens (tertiary/aromatic N) is 4. The van der Waals surface area contributed by atoms with Crippen molar-refractivity contribution in [3.63, 3.8) is 0 Å². The summed E-state index contributed by atoms with van der Waals surface area (Å²) < 4.78 is 2.27. The second kappa shape index (κ2) is 7.55. The molecule has 0 bridgehead atoms. The molecule has 21 heavy (non-hydrogen) atoms. The first-order valence-electron chi connectivity index (χ1n) is 5.76. The Kier molecular flexibility index (Phi) is 5.47. The third kappa shape index (κ3) is 4.69. The van der Waals surface area contributed by atoms with Crippen LogP contribution in [0.3, 0.4) is 0 Å². The second-order valence-electron chi connectivity index (χ2n) is 3.68. The molecule has 0 unspecified atom stereocenters. The predicted octanol–water partition coefficient (Wildman–Crippen LogP) is 1.64. The molecule has 2 rings (SSSR count). The van der Waals surface area contributed by atoms with E-state index >= 15 is 0 Å². The number of hydrogen-bond acceptors (Lipinski definition) is 7. The number of thiazole rings is 1. The van der Waals surface area contributed by atoms with Gasteiger partial charge in [0.15, 0.2) is 16.2 Å². The van der Waals surface area contributed by atoms with Gasteiger partial charge in [-0.25, -0.2) is 9.78 Å². The zero-order chi connectivity index (χ0) is 15.1. The fourth-order valence-electron chi connectivity index (χ4n) is 1.42. The molecule has 0 aliphatic carbocycles. The molecular formula is C12H11ClN4O3S. The monoisotopic (exact) mass is 326 g/mol. The maximum atomic E-state index is 11.3. The number of oxime groups is 1. The highest BCUT2D eigenvalue weighted by molar-refractivity contribution is 7.15. The van der Waals surface area contributed by atoms with E-state index in [0.717, 1.165) is 11.1 Å². The number of hydrogen-bond donors (Lipinski definition) is 0. The maximum Gasteiger partial charge on any atom is 0.380 e. The first kappa shape index (κ1) is 15.2. The Hall–Kier alpha value is -2.19. The molecule has 0 atom stereocenters. The van der Waals surface area contributed by atoms with Crippen LogP contribution in [0.1, 0.15) is 4.88 Å². The average molecular weight is 327 g/mol. The largest absolute Gasteiger partial charge is 0.399 e. The van der Waals surface area contributed by atoms with Crippen LogP contribution in [-0.4, -0.2) is 28.8 Å². The van der Waals surface area contributed by atoms with Gasteiger partial charge in [0, 0.05) is 17.3 Å². The van der Waals surface area contributed by atoms with Crippen molar-refractivity contribution in [2.75, 3.05) is 7.11 Å². The van der Waals surface area contributed by atoms with Crippen LogP contribution in [0.15, 0.2) is 40.9 Å². The van der Waals surface area contributed by atoms with Crippen molar-refractivity contribution in [3.8, 4) is 0 Å². The number of carbonyl (C=O) groups excluding carboxylic acids is 1. The molecule has 0 N–H and O–H groups in total. The van der Waals surface area contributed by atoms with Crippen molar-refractivity contribution < 1.29 is 14.5 Å². The van der Waals surface area contributed by atoms with Gasteiger partial charge in [-0.05, 0) is 12.1 Å². The van der Waals surface area contributed by atoms with Crippen LogP contribution in [0.25, 0.3) is 0 Å². The Morgan fingerprint density at radius 3 is 3.14 bits per heavy atom. The fraction of sp³-hybridized carbons (Fsp3) is 0.167. The van der Waals surface area contributed by atoms with Gasteiger partial charge < -0.3 is 14.2 Å². The summed E-state index contributed by atoms with van der Waals surface area (Å²) in [5, 5.41) is 7.07. The lowest BCUT2D eigenvalue weighted by Gasteiger charge is -2.04. The van der Waals surface area contributed by atoms with Crippen LogP contribution >= 0.6 is 22.9 Å². The van der Waals surface area contributed by atoms with Gasteiger partial charge in [-0.15, -0.1) is 11.3 Å². The summed E-state index contributed by atoms with van der Waals surface area (Å²) in [6.45, 7) is 0.522. The minimum absolute atomic E-state index is 0.473. The SMILES string of the molecule is CON=CC(=O)ON=c1ccccn1Cc1cnc(Cl)s1. The summed E-state index contributed by atoms with van der Waals surface area (Å²) in [6, 6.07) is 5.34. The molecular weight excluding hydrogens is 316 g/mol. The van der Waals surface area contributed by atoms with Gasteiger partial charge in [0.1, 0.15) is 7.11 Å². The summed E-state index contributed by atoms with van der Waals surface area (Å²) in [7, 11) is 1.33. The van der Waals surface area contributed by atoms with Gasteiger partial charge in [0.2, 0.25) is 0 Å². The predicted molar refractivity (Wildman–Crippen MR) is 77.8 cm³/mol. The minimum Gasteiger partial charge on any atom is -0.399 e. The molecule has 0 spiro atoms. The standard InChI is InChI=1S/C12H11ClN4O3S/c1-19-15-7-11(18)20-16-10-4-2-3-5-17(10)8-9-6-14-12(13)21-9/h2-7H,8H2,1H3. The number of halogens is 1. The van der Waals surface area contributed by atoms with E-state index in [0.29, 0.717) is 16.5 Å². The molecule has 110 valence electrons. The summed E-state index contributed by atoms with van der Waals surface area (Å²) in [5.74, 6) is -0.729. The van der Waals surface area contributed by atoms with Crippen LogP contribution in [0.5, 0.6) is 0 Å². The first-order valence-corrected chi connectivity index (χ1v) is 6.95. The van der Waals surface area contributed by atoms with Crippen molar-refractivity contribution in [2.45, 2.75) is 6.54 Å². The Morgan fingerprint density at radius 2 is 2.43 bits per heavy atom. The molecule has 0 radical (unpaired) electrons. The summed E-state index contributed by atoms with van der Waals surface area (Å²) in [4.78, 5) is 25.3. The van der Waals surface area contributed by atoms with Crippen LogP contribution in [0, 0.1) is 0 Å². The number of carbonyl (C=O) groups is 1. The second-order valence-corrected chi connectivity index (χ2v) is 5.38. The van der Waals surface area contributed by atoms with Crippen molar-refractivity contribution in [1.82, 2.24) is 9.55 Å². The highest BCUT2D eigenvalue weighted by Crippen LogP contribution is 2.17. The summed E-state index contributed by atoms with van der Waals surface area (Å²) in [5.41, 5.74) is 0.473.